The number of nitrogens with zero attached hydrogens (tertiary/aromatic N) is 4. The molecule has 0 unspecified atom stereocenters. The highest BCUT2D eigenvalue weighted by Gasteiger charge is 2.20. The van der Waals surface area contributed by atoms with Crippen LogP contribution in [-0.4, -0.2) is 69.5 Å². The first-order valence-electron chi connectivity index (χ1n) is 9.47. The fraction of sp³-hybridized carbons (Fsp3) is 0.450. The molecule has 0 atom stereocenters. The van der Waals surface area contributed by atoms with Crippen molar-refractivity contribution in [1.82, 2.24) is 9.97 Å². The molecule has 1 saturated heterocycles. The van der Waals surface area contributed by atoms with Crippen molar-refractivity contribution in [3.05, 3.63) is 40.0 Å². The molecule has 1 aromatic heterocycles. The van der Waals surface area contributed by atoms with Crippen molar-refractivity contribution in [3.8, 4) is 0 Å². The second kappa shape index (κ2) is 10.00. The predicted octanol–water partition coefficient (Wildman–Crippen LogP) is 2.72. The molecule has 2 aromatic rings. The standard InChI is InChI=1S/C20H26BrN5O3/c1-14-12-15(4-5-16(14)21)22-19(27)17-13-18(25(2)6-9-28-3)24-20(23-17)26-7-10-29-11-8-26/h4-5,12-13H,6-11H2,1-3H3,(H,22,27). The molecule has 0 spiro atoms. The first-order chi connectivity index (χ1) is 14.0. The summed E-state index contributed by atoms with van der Waals surface area (Å²) in [6.07, 6.45) is 0. The van der Waals surface area contributed by atoms with Gasteiger partial charge in [-0.2, -0.15) is 4.98 Å². The average molecular weight is 464 g/mol. The van der Waals surface area contributed by atoms with Crippen molar-refractivity contribution in [3.63, 3.8) is 0 Å². The summed E-state index contributed by atoms with van der Waals surface area (Å²) in [6, 6.07) is 7.39. The Morgan fingerprint density at radius 3 is 2.76 bits per heavy atom. The summed E-state index contributed by atoms with van der Waals surface area (Å²) in [5.74, 6) is 0.938. The minimum atomic E-state index is -0.273. The van der Waals surface area contributed by atoms with Gasteiger partial charge in [-0.15, -0.1) is 0 Å². The number of anilines is 3. The molecule has 1 aromatic carbocycles. The van der Waals surface area contributed by atoms with Gasteiger partial charge in [-0.05, 0) is 30.7 Å². The SMILES string of the molecule is COCCN(C)c1cc(C(=O)Nc2ccc(Br)c(C)c2)nc(N2CCOCC2)n1. The predicted molar refractivity (Wildman–Crippen MR) is 117 cm³/mol. The summed E-state index contributed by atoms with van der Waals surface area (Å²) in [7, 11) is 3.58. The van der Waals surface area contributed by atoms with Gasteiger partial charge in [-0.1, -0.05) is 15.9 Å². The molecule has 9 heteroatoms. The van der Waals surface area contributed by atoms with Crippen molar-refractivity contribution in [2.24, 2.45) is 0 Å². The lowest BCUT2D eigenvalue weighted by Crippen LogP contribution is -2.38. The van der Waals surface area contributed by atoms with E-state index < -0.39 is 0 Å². The summed E-state index contributed by atoms with van der Waals surface area (Å²) in [5, 5.41) is 2.93. The van der Waals surface area contributed by atoms with E-state index >= 15 is 0 Å². The zero-order chi connectivity index (χ0) is 20.8. The van der Waals surface area contributed by atoms with Gasteiger partial charge in [-0.25, -0.2) is 4.98 Å². The van der Waals surface area contributed by atoms with Crippen molar-refractivity contribution in [2.45, 2.75) is 6.92 Å². The highest BCUT2D eigenvalue weighted by Crippen LogP contribution is 2.22. The van der Waals surface area contributed by atoms with Gasteiger partial charge in [0.05, 0.1) is 19.8 Å². The van der Waals surface area contributed by atoms with Crippen LogP contribution in [0.2, 0.25) is 0 Å². The number of carbonyl (C=O) groups is 1. The molecule has 0 bridgehead atoms. The lowest BCUT2D eigenvalue weighted by atomic mass is 10.2. The van der Waals surface area contributed by atoms with Gasteiger partial charge in [0.1, 0.15) is 11.5 Å². The number of hydrogen-bond acceptors (Lipinski definition) is 7. The molecule has 29 heavy (non-hydrogen) atoms. The number of likely N-dealkylation sites (N-methyl/N-ethyl adjacent to an activating group) is 1. The van der Waals surface area contributed by atoms with Crippen LogP contribution in [0.4, 0.5) is 17.5 Å². The van der Waals surface area contributed by atoms with Crippen LogP contribution in [0, 0.1) is 6.92 Å². The molecule has 1 fully saturated rings. The molecule has 2 heterocycles. The first kappa shape index (κ1) is 21.5. The number of hydrogen-bond donors (Lipinski definition) is 1. The van der Waals surface area contributed by atoms with Gasteiger partial charge in [0.15, 0.2) is 0 Å². The number of aromatic nitrogens is 2. The Balaban J connectivity index is 1.88. The molecule has 1 amide bonds. The second-order valence-electron chi connectivity index (χ2n) is 6.84. The summed E-state index contributed by atoms with van der Waals surface area (Å²) in [4.78, 5) is 26.1. The fourth-order valence-electron chi connectivity index (χ4n) is 2.90. The normalized spacial score (nSPS) is 14.0. The highest BCUT2D eigenvalue weighted by molar-refractivity contribution is 9.10. The van der Waals surface area contributed by atoms with Gasteiger partial charge < -0.3 is 24.6 Å². The first-order valence-corrected chi connectivity index (χ1v) is 10.3. The van der Waals surface area contributed by atoms with Crippen molar-refractivity contribution in [1.29, 1.82) is 0 Å². The average Bonchev–Trinajstić information content (AvgIpc) is 2.75. The van der Waals surface area contributed by atoms with Crippen LogP contribution < -0.4 is 15.1 Å². The third-order valence-corrected chi connectivity index (χ3v) is 5.55. The number of carbonyl (C=O) groups excluding carboxylic acids is 1. The van der Waals surface area contributed by atoms with Crippen LogP contribution >= 0.6 is 15.9 Å². The van der Waals surface area contributed by atoms with E-state index in [0.29, 0.717) is 56.9 Å². The summed E-state index contributed by atoms with van der Waals surface area (Å²) >= 11 is 3.48. The Kier molecular flexibility index (Phi) is 7.40. The quantitative estimate of drug-likeness (QED) is 0.675. The summed E-state index contributed by atoms with van der Waals surface area (Å²) in [6.45, 7) is 5.82. The van der Waals surface area contributed by atoms with E-state index in [4.69, 9.17) is 9.47 Å². The Hall–Kier alpha value is -2.23. The number of halogens is 1. The minimum Gasteiger partial charge on any atom is -0.383 e. The van der Waals surface area contributed by atoms with Crippen LogP contribution in [-0.2, 0) is 9.47 Å². The van der Waals surface area contributed by atoms with Gasteiger partial charge in [0, 0.05) is 50.0 Å². The van der Waals surface area contributed by atoms with E-state index in [0.717, 1.165) is 15.7 Å². The molecule has 3 rings (SSSR count). The molecule has 1 aliphatic heterocycles. The highest BCUT2D eigenvalue weighted by atomic mass is 79.9. The maximum atomic E-state index is 12.9. The van der Waals surface area contributed by atoms with Gasteiger partial charge >= 0.3 is 0 Å². The molecule has 8 nitrogen and oxygen atoms in total. The van der Waals surface area contributed by atoms with Crippen LogP contribution in [0.1, 0.15) is 16.1 Å². The Labute approximate surface area is 179 Å². The van der Waals surface area contributed by atoms with E-state index in [1.807, 2.05) is 42.0 Å². The van der Waals surface area contributed by atoms with Gasteiger partial charge in [0.2, 0.25) is 5.95 Å². The van der Waals surface area contributed by atoms with Crippen molar-refractivity contribution < 1.29 is 14.3 Å². The third-order valence-electron chi connectivity index (χ3n) is 4.67. The zero-order valence-electron chi connectivity index (χ0n) is 16.9. The molecule has 156 valence electrons. The monoisotopic (exact) mass is 463 g/mol. The van der Waals surface area contributed by atoms with Crippen LogP contribution in [0.5, 0.6) is 0 Å². The number of aryl methyl sites for hydroxylation is 1. The maximum Gasteiger partial charge on any atom is 0.274 e. The lowest BCUT2D eigenvalue weighted by Gasteiger charge is -2.28. The van der Waals surface area contributed by atoms with Crippen molar-refractivity contribution >= 4 is 39.3 Å². The number of methoxy groups -OCH3 is 1. The fourth-order valence-corrected chi connectivity index (χ4v) is 3.15. The number of morpholine rings is 1. The zero-order valence-corrected chi connectivity index (χ0v) is 18.5. The molecule has 0 aliphatic carbocycles. The Morgan fingerprint density at radius 2 is 2.07 bits per heavy atom. The van der Waals surface area contributed by atoms with E-state index in [2.05, 4.69) is 31.2 Å². The minimum absolute atomic E-state index is 0.273. The molecule has 0 radical (unpaired) electrons. The maximum absolute atomic E-state index is 12.9. The molecule has 0 saturated carbocycles. The van der Waals surface area contributed by atoms with Crippen LogP contribution in [0.15, 0.2) is 28.7 Å². The number of benzene rings is 1. The van der Waals surface area contributed by atoms with E-state index in [1.165, 1.54) is 0 Å². The van der Waals surface area contributed by atoms with Crippen molar-refractivity contribution in [2.75, 3.05) is 68.7 Å². The number of ether oxygens (including phenoxy) is 2. The Bertz CT molecular complexity index is 858. The molecular weight excluding hydrogens is 438 g/mol. The number of amides is 1. The lowest BCUT2D eigenvalue weighted by molar-refractivity contribution is 0.102. The van der Waals surface area contributed by atoms with E-state index in [9.17, 15) is 4.79 Å². The molecule has 1 N–H and O–H groups in total. The Morgan fingerprint density at radius 1 is 1.31 bits per heavy atom. The van der Waals surface area contributed by atoms with Gasteiger partial charge in [-0.3, -0.25) is 4.79 Å². The second-order valence-corrected chi connectivity index (χ2v) is 7.70. The van der Waals surface area contributed by atoms with E-state index in [-0.39, 0.29) is 5.91 Å². The third kappa shape index (κ3) is 5.65. The number of nitrogens with one attached hydrogen (secondary N) is 1. The number of rotatable bonds is 7. The van der Waals surface area contributed by atoms with Crippen LogP contribution in [0.25, 0.3) is 0 Å². The summed E-state index contributed by atoms with van der Waals surface area (Å²) < 4.78 is 11.6. The molecular formula is C20H26BrN5O3. The van der Waals surface area contributed by atoms with E-state index in [1.54, 1.807) is 13.2 Å². The largest absolute Gasteiger partial charge is 0.383 e. The molecule has 1 aliphatic rings. The van der Waals surface area contributed by atoms with Crippen LogP contribution in [0.3, 0.4) is 0 Å². The summed E-state index contributed by atoms with van der Waals surface area (Å²) in [5.41, 5.74) is 2.08. The topological polar surface area (TPSA) is 79.8 Å². The smallest absolute Gasteiger partial charge is 0.274 e. The van der Waals surface area contributed by atoms with Gasteiger partial charge in [0.25, 0.3) is 5.91 Å².